The standard InChI is InChI=1S/C13H22N2O3/c1-8(2)15-4-3-9(7-15)6-14-12(16)10-5-11(10)13(17)18/h8-11H,3-7H2,1-2H3,(H,14,16)(H,17,18)/t9?,10-,11+/m1/s1. The van der Waals surface area contributed by atoms with Gasteiger partial charge in [-0.25, -0.2) is 0 Å². The van der Waals surface area contributed by atoms with Crippen LogP contribution in [0.2, 0.25) is 0 Å². The van der Waals surface area contributed by atoms with Crippen LogP contribution >= 0.6 is 0 Å². The van der Waals surface area contributed by atoms with Gasteiger partial charge in [0.15, 0.2) is 0 Å². The molecule has 1 unspecified atom stereocenters. The number of carboxylic acid groups (broad SMARTS) is 1. The molecule has 2 aliphatic rings. The summed E-state index contributed by atoms with van der Waals surface area (Å²) in [5.74, 6) is -1.14. The Morgan fingerprint density at radius 1 is 1.39 bits per heavy atom. The molecular weight excluding hydrogens is 232 g/mol. The zero-order valence-electron chi connectivity index (χ0n) is 11.1. The highest BCUT2D eigenvalue weighted by molar-refractivity contribution is 5.89. The summed E-state index contributed by atoms with van der Waals surface area (Å²) in [7, 11) is 0. The molecule has 2 rings (SSSR count). The van der Waals surface area contributed by atoms with Crippen molar-refractivity contribution in [3.8, 4) is 0 Å². The van der Waals surface area contributed by atoms with Crippen molar-refractivity contribution >= 4 is 11.9 Å². The van der Waals surface area contributed by atoms with Crippen LogP contribution in [0.5, 0.6) is 0 Å². The second-order valence-electron chi connectivity index (χ2n) is 5.78. The summed E-state index contributed by atoms with van der Waals surface area (Å²) >= 11 is 0. The highest BCUT2D eigenvalue weighted by atomic mass is 16.4. The molecule has 0 aromatic rings. The molecule has 1 saturated carbocycles. The maximum atomic E-state index is 11.7. The van der Waals surface area contributed by atoms with Crippen LogP contribution in [-0.2, 0) is 9.59 Å². The van der Waals surface area contributed by atoms with Crippen molar-refractivity contribution in [2.45, 2.75) is 32.7 Å². The molecule has 1 aliphatic heterocycles. The lowest BCUT2D eigenvalue weighted by Gasteiger charge is -2.20. The molecule has 3 atom stereocenters. The van der Waals surface area contributed by atoms with Gasteiger partial charge in [0.25, 0.3) is 0 Å². The summed E-state index contributed by atoms with van der Waals surface area (Å²) in [4.78, 5) is 24.8. The van der Waals surface area contributed by atoms with Crippen molar-refractivity contribution in [2.24, 2.45) is 17.8 Å². The van der Waals surface area contributed by atoms with Crippen LogP contribution in [0.25, 0.3) is 0 Å². The molecule has 1 amide bonds. The number of carboxylic acids is 1. The van der Waals surface area contributed by atoms with Gasteiger partial charge in [-0.3, -0.25) is 9.59 Å². The van der Waals surface area contributed by atoms with Crippen molar-refractivity contribution < 1.29 is 14.7 Å². The fourth-order valence-corrected chi connectivity index (χ4v) is 2.63. The number of amides is 1. The average molecular weight is 254 g/mol. The zero-order valence-corrected chi connectivity index (χ0v) is 11.1. The van der Waals surface area contributed by atoms with Crippen LogP contribution in [0.15, 0.2) is 0 Å². The number of aliphatic carboxylic acids is 1. The summed E-state index contributed by atoms with van der Waals surface area (Å²) in [6.07, 6.45) is 1.62. The van der Waals surface area contributed by atoms with E-state index in [0.29, 0.717) is 24.9 Å². The Morgan fingerprint density at radius 3 is 2.61 bits per heavy atom. The first-order chi connectivity index (χ1) is 8.49. The average Bonchev–Trinajstić information content (AvgIpc) is 2.97. The van der Waals surface area contributed by atoms with Gasteiger partial charge in [0.2, 0.25) is 5.91 Å². The van der Waals surface area contributed by atoms with Gasteiger partial charge in [-0.15, -0.1) is 0 Å². The summed E-state index contributed by atoms with van der Waals surface area (Å²) in [6.45, 7) is 7.18. The minimum atomic E-state index is -0.845. The number of rotatable bonds is 5. The van der Waals surface area contributed by atoms with Gasteiger partial charge in [0.1, 0.15) is 0 Å². The van der Waals surface area contributed by atoms with Crippen molar-refractivity contribution in [3.05, 3.63) is 0 Å². The molecule has 2 N–H and O–H groups in total. The van der Waals surface area contributed by atoms with Gasteiger partial charge in [-0.1, -0.05) is 0 Å². The molecule has 1 saturated heterocycles. The molecule has 0 aromatic carbocycles. The van der Waals surface area contributed by atoms with Crippen LogP contribution in [0.4, 0.5) is 0 Å². The Morgan fingerprint density at radius 2 is 2.11 bits per heavy atom. The fraction of sp³-hybridized carbons (Fsp3) is 0.846. The first kappa shape index (κ1) is 13.3. The van der Waals surface area contributed by atoms with Gasteiger partial charge < -0.3 is 15.3 Å². The third-order valence-electron chi connectivity index (χ3n) is 4.06. The second-order valence-corrected chi connectivity index (χ2v) is 5.78. The summed E-state index contributed by atoms with van der Waals surface area (Å²) in [5.41, 5.74) is 0. The van der Waals surface area contributed by atoms with Crippen molar-refractivity contribution in [1.82, 2.24) is 10.2 Å². The molecule has 0 radical (unpaired) electrons. The minimum absolute atomic E-state index is 0.0783. The minimum Gasteiger partial charge on any atom is -0.481 e. The van der Waals surface area contributed by atoms with E-state index >= 15 is 0 Å². The van der Waals surface area contributed by atoms with Crippen LogP contribution < -0.4 is 5.32 Å². The molecule has 18 heavy (non-hydrogen) atoms. The third-order valence-corrected chi connectivity index (χ3v) is 4.06. The monoisotopic (exact) mass is 254 g/mol. The number of carbonyl (C=O) groups excluding carboxylic acids is 1. The van der Waals surface area contributed by atoms with Gasteiger partial charge in [0.05, 0.1) is 11.8 Å². The predicted octanol–water partition coefficient (Wildman–Crippen LogP) is 0.554. The molecular formula is C13H22N2O3. The normalized spacial score (nSPS) is 31.6. The Hall–Kier alpha value is -1.10. The second kappa shape index (κ2) is 5.26. The van der Waals surface area contributed by atoms with Gasteiger partial charge in [-0.2, -0.15) is 0 Å². The highest BCUT2D eigenvalue weighted by Gasteiger charge is 2.48. The van der Waals surface area contributed by atoms with E-state index in [1.807, 2.05) is 0 Å². The van der Waals surface area contributed by atoms with Gasteiger partial charge >= 0.3 is 5.97 Å². The molecule has 1 heterocycles. The smallest absolute Gasteiger partial charge is 0.307 e. The van der Waals surface area contributed by atoms with E-state index in [4.69, 9.17) is 5.11 Å². The zero-order chi connectivity index (χ0) is 13.3. The number of nitrogens with zero attached hydrogens (tertiary/aromatic N) is 1. The van der Waals surface area contributed by atoms with E-state index in [9.17, 15) is 9.59 Å². The Bertz CT molecular complexity index is 343. The SMILES string of the molecule is CC(C)N1CCC(CNC(=O)[C@@H]2C[C@@H]2C(=O)O)C1. The van der Waals surface area contributed by atoms with Gasteiger partial charge in [0, 0.05) is 19.1 Å². The first-order valence-corrected chi connectivity index (χ1v) is 6.73. The Balaban J connectivity index is 1.67. The number of likely N-dealkylation sites (tertiary alicyclic amines) is 1. The highest BCUT2D eigenvalue weighted by Crippen LogP contribution is 2.38. The van der Waals surface area contributed by atoms with Crippen LogP contribution in [0.1, 0.15) is 26.7 Å². The Labute approximate surface area is 108 Å². The largest absolute Gasteiger partial charge is 0.481 e. The molecule has 0 aromatic heterocycles. The van der Waals surface area contributed by atoms with E-state index in [2.05, 4.69) is 24.1 Å². The lowest BCUT2D eigenvalue weighted by Crippen LogP contribution is -2.34. The number of nitrogens with one attached hydrogen (secondary N) is 1. The number of hydrogen-bond acceptors (Lipinski definition) is 3. The molecule has 5 heteroatoms. The topological polar surface area (TPSA) is 69.6 Å². The quantitative estimate of drug-likeness (QED) is 0.752. The first-order valence-electron chi connectivity index (χ1n) is 6.73. The van der Waals surface area contributed by atoms with E-state index in [1.165, 1.54) is 0 Å². The summed E-state index contributed by atoms with van der Waals surface area (Å²) in [6, 6.07) is 0.561. The maximum Gasteiger partial charge on any atom is 0.307 e. The number of hydrogen-bond donors (Lipinski definition) is 2. The molecule has 102 valence electrons. The van der Waals surface area contributed by atoms with Crippen LogP contribution in [-0.4, -0.2) is 47.6 Å². The fourth-order valence-electron chi connectivity index (χ4n) is 2.63. The molecule has 0 spiro atoms. The van der Waals surface area contributed by atoms with E-state index in [1.54, 1.807) is 0 Å². The summed E-state index contributed by atoms with van der Waals surface area (Å²) < 4.78 is 0. The maximum absolute atomic E-state index is 11.7. The Kier molecular flexibility index (Phi) is 3.90. The molecule has 1 aliphatic carbocycles. The van der Waals surface area contributed by atoms with Crippen molar-refractivity contribution in [1.29, 1.82) is 0 Å². The van der Waals surface area contributed by atoms with Crippen LogP contribution in [0.3, 0.4) is 0 Å². The predicted molar refractivity (Wildman–Crippen MR) is 67.1 cm³/mol. The van der Waals surface area contributed by atoms with E-state index in [0.717, 1.165) is 19.5 Å². The molecule has 2 fully saturated rings. The molecule has 5 nitrogen and oxygen atoms in total. The summed E-state index contributed by atoms with van der Waals surface area (Å²) in [5, 5.41) is 11.7. The number of carbonyl (C=O) groups is 2. The van der Waals surface area contributed by atoms with E-state index < -0.39 is 11.9 Å². The van der Waals surface area contributed by atoms with Crippen LogP contribution in [0, 0.1) is 17.8 Å². The third kappa shape index (κ3) is 3.02. The van der Waals surface area contributed by atoms with Crippen molar-refractivity contribution in [3.63, 3.8) is 0 Å². The molecule has 0 bridgehead atoms. The van der Waals surface area contributed by atoms with Crippen molar-refractivity contribution in [2.75, 3.05) is 19.6 Å². The lowest BCUT2D eigenvalue weighted by atomic mass is 10.1. The van der Waals surface area contributed by atoms with Gasteiger partial charge in [-0.05, 0) is 39.2 Å². The lowest BCUT2D eigenvalue weighted by molar-refractivity contribution is -0.140. The van der Waals surface area contributed by atoms with E-state index in [-0.39, 0.29) is 11.8 Å².